The molecular weight excluding hydrogens is 236 g/mol. The van der Waals surface area contributed by atoms with Gasteiger partial charge in [0.25, 0.3) is 0 Å². The van der Waals surface area contributed by atoms with E-state index in [1.54, 1.807) is 30.2 Å². The number of aryl methyl sites for hydroxylation is 1. The molecule has 1 N–H and O–H groups in total. The van der Waals surface area contributed by atoms with Crippen LogP contribution in [0.15, 0.2) is 45.9 Å². The summed E-state index contributed by atoms with van der Waals surface area (Å²) in [4.78, 5) is 12.1. The van der Waals surface area contributed by atoms with Crippen LogP contribution in [0.5, 0.6) is 0 Å². The van der Waals surface area contributed by atoms with E-state index in [0.29, 0.717) is 11.3 Å². The molecule has 0 fully saturated rings. The van der Waals surface area contributed by atoms with Gasteiger partial charge in [0.1, 0.15) is 5.76 Å². The topological polar surface area (TPSA) is 50.4 Å². The second-order valence-corrected chi connectivity index (χ2v) is 4.61. The number of hydrogen-bond acceptors (Lipinski definition) is 3. The Balaban J connectivity index is 2.14. The molecule has 0 saturated carbocycles. The van der Waals surface area contributed by atoms with E-state index < -0.39 is 5.97 Å². The summed E-state index contributed by atoms with van der Waals surface area (Å²) < 4.78 is 5.19. The number of carboxylic acids is 1. The van der Waals surface area contributed by atoms with Gasteiger partial charge in [-0.2, -0.15) is 0 Å². The van der Waals surface area contributed by atoms with Gasteiger partial charge in [0, 0.05) is 10.6 Å². The van der Waals surface area contributed by atoms with Crippen molar-refractivity contribution >= 4 is 17.7 Å². The maximum Gasteiger partial charge on any atom is 0.335 e. The standard InChI is InChI=1S/C13H12O3S/c1-9-12(6-7-16-9)17-8-10-4-2-3-5-11(10)13(14)15/h2-7H,8H2,1H3,(H,14,15). The van der Waals surface area contributed by atoms with Crippen LogP contribution in [-0.2, 0) is 5.75 Å². The predicted molar refractivity (Wildman–Crippen MR) is 66.4 cm³/mol. The fraction of sp³-hybridized carbons (Fsp3) is 0.154. The van der Waals surface area contributed by atoms with Gasteiger partial charge < -0.3 is 9.52 Å². The summed E-state index contributed by atoms with van der Waals surface area (Å²) in [7, 11) is 0. The van der Waals surface area contributed by atoms with E-state index in [-0.39, 0.29) is 0 Å². The largest absolute Gasteiger partial charge is 0.478 e. The first-order valence-electron chi connectivity index (χ1n) is 5.16. The van der Waals surface area contributed by atoms with Crippen molar-refractivity contribution in [3.05, 3.63) is 53.5 Å². The van der Waals surface area contributed by atoms with Crippen molar-refractivity contribution in [2.75, 3.05) is 0 Å². The summed E-state index contributed by atoms with van der Waals surface area (Å²) in [6.45, 7) is 1.89. The zero-order valence-corrected chi connectivity index (χ0v) is 10.2. The van der Waals surface area contributed by atoms with E-state index in [2.05, 4.69) is 0 Å². The van der Waals surface area contributed by atoms with Crippen LogP contribution in [0.25, 0.3) is 0 Å². The minimum atomic E-state index is -0.884. The van der Waals surface area contributed by atoms with Crippen LogP contribution in [0.2, 0.25) is 0 Å². The molecule has 0 atom stereocenters. The lowest BCUT2D eigenvalue weighted by Crippen LogP contribution is -2.00. The van der Waals surface area contributed by atoms with Gasteiger partial charge in [-0.15, -0.1) is 11.8 Å². The zero-order chi connectivity index (χ0) is 12.3. The Morgan fingerprint density at radius 2 is 2.12 bits per heavy atom. The molecule has 0 radical (unpaired) electrons. The molecule has 1 heterocycles. The SMILES string of the molecule is Cc1occc1SCc1ccccc1C(=O)O. The van der Waals surface area contributed by atoms with Crippen molar-refractivity contribution in [2.45, 2.75) is 17.6 Å². The first kappa shape index (κ1) is 11.8. The van der Waals surface area contributed by atoms with Crippen molar-refractivity contribution < 1.29 is 14.3 Å². The third-order valence-corrected chi connectivity index (χ3v) is 3.63. The molecule has 0 unspecified atom stereocenters. The molecule has 2 rings (SSSR count). The average Bonchev–Trinajstić information content (AvgIpc) is 2.72. The molecule has 0 bridgehead atoms. The van der Waals surface area contributed by atoms with Crippen LogP contribution in [0.1, 0.15) is 21.7 Å². The Labute approximate surface area is 103 Å². The highest BCUT2D eigenvalue weighted by atomic mass is 32.2. The van der Waals surface area contributed by atoms with Gasteiger partial charge in [-0.05, 0) is 24.6 Å². The first-order valence-corrected chi connectivity index (χ1v) is 6.15. The lowest BCUT2D eigenvalue weighted by atomic mass is 10.1. The minimum absolute atomic E-state index is 0.362. The number of furan rings is 1. The van der Waals surface area contributed by atoms with E-state index in [0.717, 1.165) is 16.2 Å². The summed E-state index contributed by atoms with van der Waals surface area (Å²) in [6, 6.07) is 8.95. The van der Waals surface area contributed by atoms with Crippen molar-refractivity contribution in [1.82, 2.24) is 0 Å². The second kappa shape index (κ2) is 5.10. The number of thioether (sulfide) groups is 1. The van der Waals surface area contributed by atoms with Crippen LogP contribution in [-0.4, -0.2) is 11.1 Å². The first-order chi connectivity index (χ1) is 8.18. The van der Waals surface area contributed by atoms with Crippen molar-refractivity contribution in [1.29, 1.82) is 0 Å². The number of carbonyl (C=O) groups is 1. The number of carboxylic acid groups (broad SMARTS) is 1. The fourth-order valence-electron chi connectivity index (χ4n) is 1.53. The number of aromatic carboxylic acids is 1. The molecule has 1 aromatic heterocycles. The summed E-state index contributed by atoms with van der Waals surface area (Å²) in [5.74, 6) is 0.607. The smallest absolute Gasteiger partial charge is 0.335 e. The molecule has 0 aliphatic rings. The monoisotopic (exact) mass is 248 g/mol. The lowest BCUT2D eigenvalue weighted by Gasteiger charge is -2.04. The highest BCUT2D eigenvalue weighted by Gasteiger charge is 2.10. The van der Waals surface area contributed by atoms with E-state index in [4.69, 9.17) is 9.52 Å². The van der Waals surface area contributed by atoms with Crippen molar-refractivity contribution in [3.63, 3.8) is 0 Å². The molecule has 17 heavy (non-hydrogen) atoms. The highest BCUT2D eigenvalue weighted by Crippen LogP contribution is 2.27. The maximum atomic E-state index is 11.0. The summed E-state index contributed by atoms with van der Waals surface area (Å²) >= 11 is 1.58. The molecular formula is C13H12O3S. The lowest BCUT2D eigenvalue weighted by molar-refractivity contribution is 0.0696. The van der Waals surface area contributed by atoms with Crippen LogP contribution >= 0.6 is 11.8 Å². The molecule has 3 nitrogen and oxygen atoms in total. The van der Waals surface area contributed by atoms with E-state index in [1.165, 1.54) is 0 Å². The van der Waals surface area contributed by atoms with Crippen LogP contribution in [0.4, 0.5) is 0 Å². The zero-order valence-electron chi connectivity index (χ0n) is 9.34. The normalized spacial score (nSPS) is 10.4. The Morgan fingerprint density at radius 3 is 2.76 bits per heavy atom. The Hall–Kier alpha value is -1.68. The van der Waals surface area contributed by atoms with E-state index in [9.17, 15) is 4.79 Å². The van der Waals surface area contributed by atoms with E-state index >= 15 is 0 Å². The molecule has 1 aromatic carbocycles. The summed E-state index contributed by atoms with van der Waals surface area (Å²) in [5.41, 5.74) is 1.19. The summed E-state index contributed by atoms with van der Waals surface area (Å²) in [5, 5.41) is 9.05. The molecule has 0 aliphatic carbocycles. The molecule has 88 valence electrons. The van der Waals surface area contributed by atoms with Crippen LogP contribution in [0, 0.1) is 6.92 Å². The van der Waals surface area contributed by atoms with E-state index in [1.807, 2.05) is 25.1 Å². The van der Waals surface area contributed by atoms with Gasteiger partial charge in [0.05, 0.1) is 11.8 Å². The Morgan fingerprint density at radius 1 is 1.35 bits per heavy atom. The number of hydrogen-bond donors (Lipinski definition) is 1. The van der Waals surface area contributed by atoms with Crippen LogP contribution in [0.3, 0.4) is 0 Å². The highest BCUT2D eigenvalue weighted by molar-refractivity contribution is 7.98. The molecule has 4 heteroatoms. The van der Waals surface area contributed by atoms with Crippen molar-refractivity contribution in [3.8, 4) is 0 Å². The van der Waals surface area contributed by atoms with Gasteiger partial charge in [-0.1, -0.05) is 18.2 Å². The van der Waals surface area contributed by atoms with Gasteiger partial charge in [-0.3, -0.25) is 0 Å². The molecule has 0 spiro atoms. The molecule has 0 aliphatic heterocycles. The predicted octanol–water partition coefficient (Wildman–Crippen LogP) is 3.58. The average molecular weight is 248 g/mol. The Bertz CT molecular complexity index is 531. The van der Waals surface area contributed by atoms with Gasteiger partial charge in [0.15, 0.2) is 0 Å². The number of benzene rings is 1. The fourth-order valence-corrected chi connectivity index (χ4v) is 2.50. The maximum absolute atomic E-state index is 11.0. The summed E-state index contributed by atoms with van der Waals surface area (Å²) in [6.07, 6.45) is 1.64. The minimum Gasteiger partial charge on any atom is -0.478 e. The van der Waals surface area contributed by atoms with Crippen molar-refractivity contribution in [2.24, 2.45) is 0 Å². The third-order valence-electron chi connectivity index (χ3n) is 2.44. The second-order valence-electron chi connectivity index (χ2n) is 3.59. The van der Waals surface area contributed by atoms with Gasteiger partial charge in [0.2, 0.25) is 0 Å². The van der Waals surface area contributed by atoms with Gasteiger partial charge in [-0.25, -0.2) is 4.79 Å². The van der Waals surface area contributed by atoms with Gasteiger partial charge >= 0.3 is 5.97 Å². The Kier molecular flexibility index (Phi) is 3.54. The molecule has 0 saturated heterocycles. The quantitative estimate of drug-likeness (QED) is 0.840. The molecule has 0 amide bonds. The van der Waals surface area contributed by atoms with Crippen LogP contribution < -0.4 is 0 Å². The molecule has 2 aromatic rings. The number of rotatable bonds is 4. The third kappa shape index (κ3) is 2.71.